The lowest BCUT2D eigenvalue weighted by molar-refractivity contribution is -0.140. The number of nitriles is 1. The van der Waals surface area contributed by atoms with E-state index in [1.807, 2.05) is 0 Å². The predicted molar refractivity (Wildman–Crippen MR) is 61.0 cm³/mol. The number of methoxy groups -OCH3 is 1. The van der Waals surface area contributed by atoms with E-state index in [1.165, 1.54) is 14.2 Å². The molecule has 0 saturated heterocycles. The molecule has 0 atom stereocenters. The molecule has 0 aliphatic heterocycles. The number of esters is 1. The fraction of sp³-hybridized carbons (Fsp3) is 0.778. The van der Waals surface area contributed by atoms with Crippen LogP contribution in [0.3, 0.4) is 0 Å². The van der Waals surface area contributed by atoms with E-state index in [-0.39, 0.29) is 26.1 Å². The lowest BCUT2D eigenvalue weighted by Gasteiger charge is -2.24. The number of hydrogen-bond acceptors (Lipinski definition) is 5. The quantitative estimate of drug-likeness (QED) is 0.459. The number of rotatable bonds is 7. The molecule has 0 aliphatic rings. The van der Waals surface area contributed by atoms with Gasteiger partial charge >= 0.3 is 5.97 Å². The zero-order chi connectivity index (χ0) is 13.5. The third kappa shape index (κ3) is 4.68. The first-order chi connectivity index (χ1) is 7.89. The molecule has 0 fully saturated rings. The number of carbonyl (C=O) groups is 1. The largest absolute Gasteiger partial charge is 0.469 e. The van der Waals surface area contributed by atoms with Crippen molar-refractivity contribution in [1.82, 2.24) is 8.61 Å². The van der Waals surface area contributed by atoms with Crippen LogP contribution in [0.15, 0.2) is 0 Å². The van der Waals surface area contributed by atoms with Crippen LogP contribution in [0.2, 0.25) is 0 Å². The van der Waals surface area contributed by atoms with Crippen LogP contribution < -0.4 is 0 Å². The number of nitrogens with zero attached hydrogens (tertiary/aromatic N) is 3. The Morgan fingerprint density at radius 3 is 2.47 bits per heavy atom. The molecule has 0 N–H and O–H groups in total. The van der Waals surface area contributed by atoms with Crippen molar-refractivity contribution >= 4 is 16.2 Å². The normalized spacial score (nSPS) is 11.5. The zero-order valence-electron chi connectivity index (χ0n) is 10.2. The van der Waals surface area contributed by atoms with Gasteiger partial charge in [-0.25, -0.2) is 0 Å². The summed E-state index contributed by atoms with van der Waals surface area (Å²) in [6.07, 6.45) is -0.0175. The van der Waals surface area contributed by atoms with Gasteiger partial charge in [0.25, 0.3) is 10.2 Å². The van der Waals surface area contributed by atoms with Crippen molar-refractivity contribution in [3.8, 4) is 6.07 Å². The van der Waals surface area contributed by atoms with E-state index in [1.54, 1.807) is 13.0 Å². The molecule has 0 spiro atoms. The Balaban J connectivity index is 4.59. The van der Waals surface area contributed by atoms with E-state index >= 15 is 0 Å². The van der Waals surface area contributed by atoms with E-state index in [9.17, 15) is 13.2 Å². The van der Waals surface area contributed by atoms with E-state index in [2.05, 4.69) is 4.74 Å². The second-order valence-electron chi connectivity index (χ2n) is 3.24. The number of ether oxygens (including phenoxy) is 1. The summed E-state index contributed by atoms with van der Waals surface area (Å²) in [6, 6.07) is 1.78. The molecule has 0 aromatic rings. The van der Waals surface area contributed by atoms with Crippen molar-refractivity contribution in [1.29, 1.82) is 5.26 Å². The Morgan fingerprint density at radius 2 is 2.06 bits per heavy atom. The van der Waals surface area contributed by atoms with Crippen molar-refractivity contribution < 1.29 is 17.9 Å². The molecule has 0 heterocycles. The van der Waals surface area contributed by atoms with Crippen molar-refractivity contribution in [2.24, 2.45) is 0 Å². The fourth-order valence-corrected chi connectivity index (χ4v) is 2.36. The maximum atomic E-state index is 11.9. The molecule has 0 aromatic heterocycles. The van der Waals surface area contributed by atoms with Crippen LogP contribution in [-0.4, -0.2) is 56.8 Å². The van der Waals surface area contributed by atoms with Gasteiger partial charge in [0, 0.05) is 20.1 Å². The predicted octanol–water partition coefficient (Wildman–Crippen LogP) is -0.428. The maximum absolute atomic E-state index is 11.9. The van der Waals surface area contributed by atoms with Crippen LogP contribution in [0.1, 0.15) is 13.3 Å². The first-order valence-electron chi connectivity index (χ1n) is 5.05. The third-order valence-electron chi connectivity index (χ3n) is 2.18. The summed E-state index contributed by atoms with van der Waals surface area (Å²) in [6.45, 7) is 1.67. The van der Waals surface area contributed by atoms with Crippen LogP contribution in [-0.2, 0) is 19.7 Å². The standard InChI is InChI=1S/C9H17N3O4S/c1-4-12(8-6-10)17(14,15)11(2)7-5-9(13)16-3/h4-5,7-8H2,1-3H3. The topological polar surface area (TPSA) is 90.7 Å². The van der Waals surface area contributed by atoms with E-state index in [0.29, 0.717) is 0 Å². The van der Waals surface area contributed by atoms with Gasteiger partial charge in [0.05, 0.1) is 19.6 Å². The van der Waals surface area contributed by atoms with Gasteiger partial charge < -0.3 is 4.74 Å². The Labute approximate surface area is 102 Å². The summed E-state index contributed by atoms with van der Waals surface area (Å²) in [5, 5.41) is 8.52. The molecule has 0 rings (SSSR count). The minimum Gasteiger partial charge on any atom is -0.469 e. The summed E-state index contributed by atoms with van der Waals surface area (Å²) >= 11 is 0. The second-order valence-corrected chi connectivity index (χ2v) is 5.28. The van der Waals surface area contributed by atoms with Crippen molar-refractivity contribution in [2.45, 2.75) is 13.3 Å². The Morgan fingerprint density at radius 1 is 1.47 bits per heavy atom. The Bertz CT molecular complexity index is 388. The van der Waals surface area contributed by atoms with E-state index in [0.717, 1.165) is 8.61 Å². The molecule has 7 nitrogen and oxygen atoms in total. The highest BCUT2D eigenvalue weighted by Gasteiger charge is 2.25. The monoisotopic (exact) mass is 263 g/mol. The fourth-order valence-electron chi connectivity index (χ4n) is 1.10. The van der Waals surface area contributed by atoms with Crippen molar-refractivity contribution in [3.63, 3.8) is 0 Å². The van der Waals surface area contributed by atoms with Crippen LogP contribution in [0, 0.1) is 11.3 Å². The van der Waals surface area contributed by atoms with Gasteiger partial charge in [-0.05, 0) is 0 Å². The molecule has 0 radical (unpaired) electrons. The summed E-state index contributed by atoms with van der Waals surface area (Å²) in [4.78, 5) is 10.9. The highest BCUT2D eigenvalue weighted by atomic mass is 32.2. The molecule has 0 saturated carbocycles. The average molecular weight is 263 g/mol. The van der Waals surface area contributed by atoms with Crippen LogP contribution >= 0.6 is 0 Å². The SMILES string of the molecule is CCN(CC#N)S(=O)(=O)N(C)CCC(=O)OC. The summed E-state index contributed by atoms with van der Waals surface area (Å²) in [5.74, 6) is -0.476. The summed E-state index contributed by atoms with van der Waals surface area (Å²) in [7, 11) is -1.08. The van der Waals surface area contributed by atoms with Gasteiger partial charge in [-0.15, -0.1) is 0 Å². The van der Waals surface area contributed by atoms with Crippen LogP contribution in [0.25, 0.3) is 0 Å². The van der Waals surface area contributed by atoms with Crippen LogP contribution in [0.4, 0.5) is 0 Å². The first-order valence-corrected chi connectivity index (χ1v) is 6.45. The molecule has 0 unspecified atom stereocenters. The molecule has 0 bridgehead atoms. The second kappa shape index (κ2) is 7.21. The maximum Gasteiger partial charge on any atom is 0.306 e. The smallest absolute Gasteiger partial charge is 0.306 e. The third-order valence-corrected chi connectivity index (χ3v) is 4.19. The molecule has 0 aliphatic carbocycles. The summed E-state index contributed by atoms with van der Waals surface area (Å²) < 4.78 is 30.3. The highest BCUT2D eigenvalue weighted by Crippen LogP contribution is 2.06. The van der Waals surface area contributed by atoms with Crippen LogP contribution in [0.5, 0.6) is 0 Å². The van der Waals surface area contributed by atoms with E-state index < -0.39 is 16.2 Å². The zero-order valence-corrected chi connectivity index (χ0v) is 11.0. The highest BCUT2D eigenvalue weighted by molar-refractivity contribution is 7.86. The Kier molecular flexibility index (Phi) is 6.72. The molecule has 98 valence electrons. The van der Waals surface area contributed by atoms with Gasteiger partial charge in [-0.2, -0.15) is 22.3 Å². The number of hydrogen-bond donors (Lipinski definition) is 0. The molecule has 0 aromatic carbocycles. The van der Waals surface area contributed by atoms with Gasteiger partial charge in [0.15, 0.2) is 0 Å². The Hall–Kier alpha value is -1.17. The molecule has 17 heavy (non-hydrogen) atoms. The van der Waals surface area contributed by atoms with Gasteiger partial charge in [-0.3, -0.25) is 4.79 Å². The number of carbonyl (C=O) groups excluding carboxylic acids is 1. The van der Waals surface area contributed by atoms with Gasteiger partial charge in [-0.1, -0.05) is 6.92 Å². The van der Waals surface area contributed by atoms with Crippen molar-refractivity contribution in [2.75, 3.05) is 33.8 Å². The van der Waals surface area contributed by atoms with Crippen molar-refractivity contribution in [3.05, 3.63) is 0 Å². The minimum absolute atomic E-state index is 0.0175. The van der Waals surface area contributed by atoms with E-state index in [4.69, 9.17) is 5.26 Å². The lowest BCUT2D eigenvalue weighted by Crippen LogP contribution is -2.42. The molecular weight excluding hydrogens is 246 g/mol. The van der Waals surface area contributed by atoms with Gasteiger partial charge in [0.1, 0.15) is 6.54 Å². The van der Waals surface area contributed by atoms with Gasteiger partial charge in [0.2, 0.25) is 0 Å². The first kappa shape index (κ1) is 15.8. The average Bonchev–Trinajstić information content (AvgIpc) is 2.31. The minimum atomic E-state index is -3.68. The molecule has 8 heteroatoms. The lowest BCUT2D eigenvalue weighted by atomic mass is 10.4. The molecular formula is C9H17N3O4S. The summed E-state index contributed by atoms with van der Waals surface area (Å²) in [5.41, 5.74) is 0. The molecule has 0 amide bonds.